The molecule has 0 aliphatic rings. The lowest BCUT2D eigenvalue weighted by Crippen LogP contribution is -2.44. The summed E-state index contributed by atoms with van der Waals surface area (Å²) in [6.07, 6.45) is 2.99. The fraction of sp³-hybridized carbons (Fsp3) is 0.353. The Morgan fingerprint density at radius 2 is 1.96 bits per heavy atom. The molecule has 0 radical (unpaired) electrons. The number of nitrogens with one attached hydrogen (secondary N) is 1. The molecule has 6 nitrogen and oxygen atoms in total. The smallest absolute Gasteiger partial charge is 0.408 e. The van der Waals surface area contributed by atoms with Gasteiger partial charge in [0.05, 0.1) is 0 Å². The van der Waals surface area contributed by atoms with Crippen LogP contribution in [-0.4, -0.2) is 27.8 Å². The van der Waals surface area contributed by atoms with Crippen LogP contribution in [0.4, 0.5) is 4.79 Å². The SMILES string of the molecule is CC(C)C[C@H](NC(=O)OCc1ccccc1)C(=O)n1cccn1. The van der Waals surface area contributed by atoms with E-state index in [0.717, 1.165) is 5.56 Å². The lowest BCUT2D eigenvalue weighted by atomic mass is 10.0. The number of aromatic nitrogens is 2. The Bertz CT molecular complexity index is 624. The van der Waals surface area contributed by atoms with Crippen LogP contribution in [0.1, 0.15) is 30.6 Å². The molecular formula is C17H21N3O3. The summed E-state index contributed by atoms with van der Waals surface area (Å²) in [5, 5.41) is 6.56. The second-order valence-corrected chi connectivity index (χ2v) is 5.68. The molecule has 1 heterocycles. The van der Waals surface area contributed by atoms with Gasteiger partial charge in [0.2, 0.25) is 0 Å². The van der Waals surface area contributed by atoms with E-state index in [-0.39, 0.29) is 18.4 Å². The summed E-state index contributed by atoms with van der Waals surface area (Å²) in [6, 6.07) is 10.4. The predicted octanol–water partition coefficient (Wildman–Crippen LogP) is 2.86. The van der Waals surface area contributed by atoms with Crippen LogP contribution in [0.3, 0.4) is 0 Å². The largest absolute Gasteiger partial charge is 0.445 e. The molecule has 1 aromatic carbocycles. The number of carbonyl (C=O) groups is 2. The van der Waals surface area contributed by atoms with Gasteiger partial charge in [-0.25, -0.2) is 9.48 Å². The predicted molar refractivity (Wildman–Crippen MR) is 85.9 cm³/mol. The van der Waals surface area contributed by atoms with Crippen molar-refractivity contribution in [2.45, 2.75) is 32.9 Å². The Hall–Kier alpha value is -2.63. The van der Waals surface area contributed by atoms with Crippen LogP contribution < -0.4 is 5.32 Å². The van der Waals surface area contributed by atoms with Gasteiger partial charge in [0.15, 0.2) is 0 Å². The van der Waals surface area contributed by atoms with Crippen molar-refractivity contribution in [3.8, 4) is 0 Å². The van der Waals surface area contributed by atoms with E-state index in [2.05, 4.69) is 10.4 Å². The number of hydrogen-bond acceptors (Lipinski definition) is 4. The molecule has 1 aromatic heterocycles. The van der Waals surface area contributed by atoms with E-state index in [1.165, 1.54) is 10.9 Å². The summed E-state index contributed by atoms with van der Waals surface area (Å²) < 4.78 is 6.40. The van der Waals surface area contributed by atoms with E-state index >= 15 is 0 Å². The zero-order chi connectivity index (χ0) is 16.7. The van der Waals surface area contributed by atoms with Gasteiger partial charge in [-0.3, -0.25) is 4.79 Å². The van der Waals surface area contributed by atoms with Gasteiger partial charge in [-0.1, -0.05) is 44.2 Å². The Balaban J connectivity index is 1.94. The van der Waals surface area contributed by atoms with E-state index in [1.54, 1.807) is 12.3 Å². The molecule has 1 N–H and O–H groups in total. The van der Waals surface area contributed by atoms with Gasteiger partial charge in [0, 0.05) is 12.4 Å². The number of benzene rings is 1. The topological polar surface area (TPSA) is 73.2 Å². The van der Waals surface area contributed by atoms with E-state index in [1.807, 2.05) is 44.2 Å². The second kappa shape index (κ2) is 8.12. The standard InChI is InChI=1S/C17H21N3O3/c1-13(2)11-15(16(21)20-10-6-9-18-20)19-17(22)23-12-14-7-4-3-5-8-14/h3-10,13,15H,11-12H2,1-2H3,(H,19,22)/t15-/m0/s1. The minimum absolute atomic E-state index is 0.164. The van der Waals surface area contributed by atoms with E-state index in [9.17, 15) is 9.59 Å². The average molecular weight is 315 g/mol. The Labute approximate surface area is 135 Å². The summed E-state index contributed by atoms with van der Waals surface area (Å²) >= 11 is 0. The summed E-state index contributed by atoms with van der Waals surface area (Å²) in [6.45, 7) is 4.14. The minimum Gasteiger partial charge on any atom is -0.445 e. The summed E-state index contributed by atoms with van der Waals surface area (Å²) in [4.78, 5) is 24.3. The molecule has 0 saturated carbocycles. The highest BCUT2D eigenvalue weighted by atomic mass is 16.5. The molecule has 2 aromatic rings. The molecule has 1 amide bonds. The first-order valence-corrected chi connectivity index (χ1v) is 7.57. The molecule has 23 heavy (non-hydrogen) atoms. The van der Waals surface area contributed by atoms with Gasteiger partial charge in [-0.15, -0.1) is 0 Å². The van der Waals surface area contributed by atoms with Crippen molar-refractivity contribution >= 4 is 12.0 Å². The van der Waals surface area contributed by atoms with E-state index < -0.39 is 12.1 Å². The van der Waals surface area contributed by atoms with Crippen molar-refractivity contribution < 1.29 is 14.3 Å². The molecule has 0 aliphatic carbocycles. The third-order valence-corrected chi connectivity index (χ3v) is 3.24. The maximum atomic E-state index is 12.4. The first kappa shape index (κ1) is 16.7. The molecule has 0 fully saturated rings. The molecule has 1 atom stereocenters. The van der Waals surface area contributed by atoms with Gasteiger partial charge in [0.25, 0.3) is 5.91 Å². The van der Waals surface area contributed by atoms with Crippen molar-refractivity contribution in [1.82, 2.24) is 15.1 Å². The van der Waals surface area contributed by atoms with E-state index in [4.69, 9.17) is 4.74 Å². The van der Waals surface area contributed by atoms with Crippen LogP contribution in [0.25, 0.3) is 0 Å². The van der Waals surface area contributed by atoms with Crippen molar-refractivity contribution in [1.29, 1.82) is 0 Å². The van der Waals surface area contributed by atoms with Gasteiger partial charge in [-0.05, 0) is 24.0 Å². The lowest BCUT2D eigenvalue weighted by molar-refractivity contribution is 0.0806. The van der Waals surface area contributed by atoms with Crippen LogP contribution in [0.2, 0.25) is 0 Å². The summed E-state index contributed by atoms with van der Waals surface area (Å²) in [5.74, 6) is -0.0331. The zero-order valence-electron chi connectivity index (χ0n) is 13.3. The molecule has 0 unspecified atom stereocenters. The van der Waals surface area contributed by atoms with Crippen molar-refractivity contribution in [2.75, 3.05) is 0 Å². The maximum Gasteiger partial charge on any atom is 0.408 e. The molecule has 0 spiro atoms. The third-order valence-electron chi connectivity index (χ3n) is 3.24. The van der Waals surface area contributed by atoms with Crippen molar-refractivity contribution in [2.24, 2.45) is 5.92 Å². The number of rotatable bonds is 6. The first-order valence-electron chi connectivity index (χ1n) is 7.57. The van der Waals surface area contributed by atoms with Crippen molar-refractivity contribution in [3.05, 3.63) is 54.4 Å². The maximum absolute atomic E-state index is 12.4. The van der Waals surface area contributed by atoms with E-state index in [0.29, 0.717) is 6.42 Å². The minimum atomic E-state index is -0.668. The number of nitrogens with zero attached hydrogens (tertiary/aromatic N) is 2. The lowest BCUT2D eigenvalue weighted by Gasteiger charge is -2.19. The monoisotopic (exact) mass is 315 g/mol. The fourth-order valence-electron chi connectivity index (χ4n) is 2.16. The van der Waals surface area contributed by atoms with Gasteiger partial charge < -0.3 is 10.1 Å². The van der Waals surface area contributed by atoms with Gasteiger partial charge in [-0.2, -0.15) is 5.10 Å². The van der Waals surface area contributed by atoms with Crippen LogP contribution in [-0.2, 0) is 11.3 Å². The molecule has 6 heteroatoms. The summed E-state index contributed by atoms with van der Waals surface area (Å²) in [5.41, 5.74) is 0.890. The van der Waals surface area contributed by atoms with Crippen LogP contribution in [0.15, 0.2) is 48.8 Å². The number of ether oxygens (including phenoxy) is 1. The summed E-state index contributed by atoms with van der Waals surface area (Å²) in [7, 11) is 0. The van der Waals surface area contributed by atoms with Crippen LogP contribution >= 0.6 is 0 Å². The van der Waals surface area contributed by atoms with Gasteiger partial charge >= 0.3 is 6.09 Å². The highest BCUT2D eigenvalue weighted by molar-refractivity contribution is 5.86. The first-order chi connectivity index (χ1) is 11.1. The number of alkyl carbamates (subject to hydrolysis) is 1. The zero-order valence-corrected chi connectivity index (χ0v) is 13.3. The molecule has 0 saturated heterocycles. The number of amides is 1. The average Bonchev–Trinajstić information content (AvgIpc) is 3.06. The normalized spacial score (nSPS) is 12.0. The highest BCUT2D eigenvalue weighted by Gasteiger charge is 2.24. The van der Waals surface area contributed by atoms with Gasteiger partial charge in [0.1, 0.15) is 12.6 Å². The molecular weight excluding hydrogens is 294 g/mol. The van der Waals surface area contributed by atoms with Crippen LogP contribution in [0.5, 0.6) is 0 Å². The van der Waals surface area contributed by atoms with Crippen LogP contribution in [0, 0.1) is 5.92 Å². The third kappa shape index (κ3) is 5.25. The Morgan fingerprint density at radius 1 is 1.22 bits per heavy atom. The molecule has 0 aliphatic heterocycles. The van der Waals surface area contributed by atoms with Crippen molar-refractivity contribution in [3.63, 3.8) is 0 Å². The number of hydrogen-bond donors (Lipinski definition) is 1. The highest BCUT2D eigenvalue weighted by Crippen LogP contribution is 2.08. The fourth-order valence-corrected chi connectivity index (χ4v) is 2.16. The second-order valence-electron chi connectivity index (χ2n) is 5.68. The molecule has 0 bridgehead atoms. The quantitative estimate of drug-likeness (QED) is 0.889. The molecule has 122 valence electrons. The Morgan fingerprint density at radius 3 is 2.57 bits per heavy atom. The Kier molecular flexibility index (Phi) is 5.91. The molecule has 2 rings (SSSR count). The number of carbonyl (C=O) groups excluding carboxylic acids is 2.